The van der Waals surface area contributed by atoms with Crippen molar-refractivity contribution in [1.29, 1.82) is 0 Å². The summed E-state index contributed by atoms with van der Waals surface area (Å²) in [6.07, 6.45) is 2.09. The molecule has 0 saturated carbocycles. The first-order chi connectivity index (χ1) is 11.4. The zero-order valence-corrected chi connectivity index (χ0v) is 16.2. The highest BCUT2D eigenvalue weighted by molar-refractivity contribution is 5.68. The van der Waals surface area contributed by atoms with E-state index in [4.69, 9.17) is 15.2 Å². The lowest BCUT2D eigenvalue weighted by molar-refractivity contribution is -0.0313. The first-order valence-corrected chi connectivity index (χ1v) is 9.39. The fourth-order valence-electron chi connectivity index (χ4n) is 3.08. The Kier molecular flexibility index (Phi) is 9.02. The van der Waals surface area contributed by atoms with Gasteiger partial charge in [0.25, 0.3) is 0 Å². The molecule has 24 heavy (non-hydrogen) atoms. The van der Waals surface area contributed by atoms with E-state index in [1.54, 1.807) is 0 Å². The van der Waals surface area contributed by atoms with Crippen molar-refractivity contribution in [2.24, 2.45) is 11.7 Å². The lowest BCUT2D eigenvalue weighted by Gasteiger charge is -2.38. The van der Waals surface area contributed by atoms with Crippen LogP contribution in [0.3, 0.4) is 0 Å². The third-order valence-corrected chi connectivity index (χ3v) is 4.27. The van der Waals surface area contributed by atoms with Gasteiger partial charge in [-0.1, -0.05) is 13.8 Å². The minimum atomic E-state index is -0.418. The van der Waals surface area contributed by atoms with Gasteiger partial charge in [-0.15, -0.1) is 0 Å². The van der Waals surface area contributed by atoms with Gasteiger partial charge < -0.3 is 20.1 Å². The zero-order valence-electron chi connectivity index (χ0n) is 16.2. The summed E-state index contributed by atoms with van der Waals surface area (Å²) in [5.41, 5.74) is 5.27. The van der Waals surface area contributed by atoms with E-state index in [0.29, 0.717) is 12.5 Å². The maximum absolute atomic E-state index is 12.1. The SMILES string of the molecule is CC.CC(C)(C)OC(=O)N1CCC(CN2CCOC(CN)C2)CC1. The number of ether oxygens (including phenoxy) is 2. The van der Waals surface area contributed by atoms with E-state index >= 15 is 0 Å². The molecule has 142 valence electrons. The Balaban J connectivity index is 0.00000139. The van der Waals surface area contributed by atoms with Gasteiger partial charge in [0.2, 0.25) is 0 Å². The predicted octanol–water partition coefficient (Wildman–Crippen LogP) is 2.32. The number of piperidine rings is 1. The highest BCUT2D eigenvalue weighted by Crippen LogP contribution is 2.21. The number of likely N-dealkylation sites (tertiary alicyclic amines) is 1. The molecular formula is C18H37N3O3. The average molecular weight is 344 g/mol. The topological polar surface area (TPSA) is 68.0 Å². The van der Waals surface area contributed by atoms with Gasteiger partial charge >= 0.3 is 6.09 Å². The molecule has 2 saturated heterocycles. The van der Waals surface area contributed by atoms with Crippen molar-refractivity contribution < 1.29 is 14.3 Å². The maximum atomic E-state index is 12.1. The molecule has 2 aliphatic rings. The van der Waals surface area contributed by atoms with E-state index in [9.17, 15) is 4.79 Å². The maximum Gasteiger partial charge on any atom is 0.410 e. The van der Waals surface area contributed by atoms with Gasteiger partial charge in [-0.3, -0.25) is 4.90 Å². The van der Waals surface area contributed by atoms with E-state index in [0.717, 1.165) is 52.2 Å². The number of nitrogens with two attached hydrogens (primary N) is 1. The standard InChI is InChI=1S/C16H31N3O3.C2H6/c1-16(2,3)22-15(20)19-6-4-13(5-7-19)11-18-8-9-21-14(10-17)12-18;1-2/h13-14H,4-12,17H2,1-3H3;1-2H3. The fraction of sp³-hybridized carbons (Fsp3) is 0.944. The zero-order chi connectivity index (χ0) is 18.2. The summed E-state index contributed by atoms with van der Waals surface area (Å²) in [5.74, 6) is 0.648. The summed E-state index contributed by atoms with van der Waals surface area (Å²) in [6, 6.07) is 0. The first kappa shape index (κ1) is 21.2. The van der Waals surface area contributed by atoms with Gasteiger partial charge in [0.1, 0.15) is 5.60 Å². The predicted molar refractivity (Wildman–Crippen MR) is 97.1 cm³/mol. The summed E-state index contributed by atoms with van der Waals surface area (Å²) >= 11 is 0. The Morgan fingerprint density at radius 1 is 1.21 bits per heavy atom. The minimum Gasteiger partial charge on any atom is -0.444 e. The van der Waals surface area contributed by atoms with Crippen LogP contribution in [0.2, 0.25) is 0 Å². The smallest absolute Gasteiger partial charge is 0.410 e. The number of carbonyl (C=O) groups is 1. The van der Waals surface area contributed by atoms with Crippen molar-refractivity contribution in [1.82, 2.24) is 9.80 Å². The molecule has 6 heteroatoms. The van der Waals surface area contributed by atoms with E-state index in [2.05, 4.69) is 4.90 Å². The minimum absolute atomic E-state index is 0.176. The number of rotatable bonds is 3. The van der Waals surface area contributed by atoms with E-state index in [1.165, 1.54) is 0 Å². The molecule has 0 bridgehead atoms. The van der Waals surface area contributed by atoms with Crippen LogP contribution in [0.1, 0.15) is 47.5 Å². The van der Waals surface area contributed by atoms with E-state index in [1.807, 2.05) is 39.5 Å². The van der Waals surface area contributed by atoms with Crippen LogP contribution in [0.25, 0.3) is 0 Å². The van der Waals surface area contributed by atoms with Gasteiger partial charge in [-0.2, -0.15) is 0 Å². The van der Waals surface area contributed by atoms with Crippen molar-refractivity contribution in [3.8, 4) is 0 Å². The number of nitrogens with zero attached hydrogens (tertiary/aromatic N) is 2. The van der Waals surface area contributed by atoms with Gasteiger partial charge in [-0.25, -0.2) is 4.79 Å². The van der Waals surface area contributed by atoms with Crippen LogP contribution < -0.4 is 5.73 Å². The number of amides is 1. The normalized spacial score (nSPS) is 23.4. The number of hydrogen-bond acceptors (Lipinski definition) is 5. The monoisotopic (exact) mass is 343 g/mol. The molecule has 0 radical (unpaired) electrons. The van der Waals surface area contributed by atoms with Gasteiger partial charge in [0.05, 0.1) is 12.7 Å². The van der Waals surface area contributed by atoms with Gasteiger partial charge in [0.15, 0.2) is 0 Å². The second-order valence-corrected chi connectivity index (χ2v) is 7.40. The molecule has 2 heterocycles. The van der Waals surface area contributed by atoms with Crippen molar-refractivity contribution in [2.75, 3.05) is 45.9 Å². The summed E-state index contributed by atoms with van der Waals surface area (Å²) in [7, 11) is 0. The molecule has 2 rings (SSSR count). The highest BCUT2D eigenvalue weighted by atomic mass is 16.6. The highest BCUT2D eigenvalue weighted by Gasteiger charge is 2.28. The largest absolute Gasteiger partial charge is 0.444 e. The average Bonchev–Trinajstić information content (AvgIpc) is 2.56. The third kappa shape index (κ3) is 7.36. The molecule has 1 unspecified atom stereocenters. The lowest BCUT2D eigenvalue weighted by atomic mass is 9.96. The second kappa shape index (κ2) is 10.2. The molecule has 2 aliphatic heterocycles. The molecule has 0 aromatic rings. The van der Waals surface area contributed by atoms with E-state index in [-0.39, 0.29) is 12.2 Å². The summed E-state index contributed by atoms with van der Waals surface area (Å²) in [4.78, 5) is 16.3. The Morgan fingerprint density at radius 3 is 2.38 bits per heavy atom. The fourth-order valence-corrected chi connectivity index (χ4v) is 3.08. The number of hydrogen-bond donors (Lipinski definition) is 1. The summed E-state index contributed by atoms with van der Waals surface area (Å²) in [5, 5.41) is 0. The molecule has 6 nitrogen and oxygen atoms in total. The lowest BCUT2D eigenvalue weighted by Crippen LogP contribution is -2.49. The first-order valence-electron chi connectivity index (χ1n) is 9.39. The summed E-state index contributed by atoms with van der Waals surface area (Å²) < 4.78 is 11.0. The van der Waals surface area contributed by atoms with Crippen LogP contribution in [0.4, 0.5) is 4.79 Å². The third-order valence-electron chi connectivity index (χ3n) is 4.27. The molecule has 0 aromatic heterocycles. The molecule has 0 aromatic carbocycles. The molecule has 0 aliphatic carbocycles. The molecular weight excluding hydrogens is 306 g/mol. The van der Waals surface area contributed by atoms with Crippen molar-refractivity contribution in [3.05, 3.63) is 0 Å². The quantitative estimate of drug-likeness (QED) is 0.852. The Morgan fingerprint density at radius 2 is 1.83 bits per heavy atom. The molecule has 1 amide bonds. The van der Waals surface area contributed by atoms with Gasteiger partial charge in [0, 0.05) is 39.3 Å². The van der Waals surface area contributed by atoms with Crippen LogP contribution in [0.15, 0.2) is 0 Å². The van der Waals surface area contributed by atoms with Crippen LogP contribution >= 0.6 is 0 Å². The number of morpholine rings is 1. The number of carbonyl (C=O) groups excluding carboxylic acids is 1. The molecule has 1 atom stereocenters. The molecule has 2 N–H and O–H groups in total. The molecule has 2 fully saturated rings. The van der Waals surface area contributed by atoms with Crippen LogP contribution in [-0.2, 0) is 9.47 Å². The van der Waals surface area contributed by atoms with Crippen molar-refractivity contribution >= 4 is 6.09 Å². The Bertz CT molecular complexity index is 363. The summed E-state index contributed by atoms with van der Waals surface area (Å²) in [6.45, 7) is 15.7. The Labute approximate surface area is 147 Å². The van der Waals surface area contributed by atoms with Crippen LogP contribution in [0, 0.1) is 5.92 Å². The molecule has 0 spiro atoms. The van der Waals surface area contributed by atoms with E-state index < -0.39 is 5.60 Å². The van der Waals surface area contributed by atoms with Crippen LogP contribution in [-0.4, -0.2) is 73.5 Å². The second-order valence-electron chi connectivity index (χ2n) is 7.40. The van der Waals surface area contributed by atoms with Crippen LogP contribution in [0.5, 0.6) is 0 Å². The Hall–Kier alpha value is -0.850. The van der Waals surface area contributed by atoms with Gasteiger partial charge in [-0.05, 0) is 39.5 Å². The van der Waals surface area contributed by atoms with Crippen molar-refractivity contribution in [2.45, 2.75) is 59.2 Å². The van der Waals surface area contributed by atoms with Crippen molar-refractivity contribution in [3.63, 3.8) is 0 Å².